The maximum Gasteiger partial charge on any atom is 0.228 e. The summed E-state index contributed by atoms with van der Waals surface area (Å²) in [5.41, 5.74) is 0.683. The molecule has 106 valence electrons. The normalized spacial score (nSPS) is 36.6. The van der Waals surface area contributed by atoms with E-state index >= 15 is 0 Å². The van der Waals surface area contributed by atoms with Crippen molar-refractivity contribution in [1.29, 1.82) is 0 Å². The summed E-state index contributed by atoms with van der Waals surface area (Å²) in [7, 11) is 1.60. The number of hydrogen-bond acceptors (Lipinski definition) is 2. The minimum Gasteiger partial charge on any atom is -0.495 e. The van der Waals surface area contributed by atoms with Crippen molar-refractivity contribution in [2.24, 2.45) is 29.6 Å². The topological polar surface area (TPSA) is 38.3 Å². The molecule has 1 aromatic carbocycles. The molecule has 3 fully saturated rings. The number of rotatable bonds is 3. The number of carbonyl (C=O) groups is 1. The van der Waals surface area contributed by atoms with E-state index in [0.717, 1.165) is 11.8 Å². The Hall–Kier alpha value is -1.22. The summed E-state index contributed by atoms with van der Waals surface area (Å²) in [6.45, 7) is 0. The number of carbonyl (C=O) groups excluding carboxylic acids is 1. The van der Waals surface area contributed by atoms with Crippen molar-refractivity contribution < 1.29 is 9.53 Å². The van der Waals surface area contributed by atoms with E-state index in [1.54, 1.807) is 25.3 Å². The standard InChI is InChI=1S/C16H18ClNO2/c1-20-12-5-4-10(17)7-11(12)18-16(19)15-13-8-2-3-9(6-8)14(13)15/h4-5,7-9,13-15H,2-3,6H2,1H3,(H,18,19)/t8-,9-,13-,14-/m0/s1. The van der Waals surface area contributed by atoms with Gasteiger partial charge in [-0.05, 0) is 61.1 Å². The smallest absolute Gasteiger partial charge is 0.228 e. The second-order valence-corrected chi connectivity index (χ2v) is 6.78. The quantitative estimate of drug-likeness (QED) is 0.924. The number of ether oxygens (including phenoxy) is 1. The average molecular weight is 292 g/mol. The number of hydrogen-bond donors (Lipinski definition) is 1. The van der Waals surface area contributed by atoms with Crippen LogP contribution in [0.2, 0.25) is 5.02 Å². The van der Waals surface area contributed by atoms with Gasteiger partial charge >= 0.3 is 0 Å². The van der Waals surface area contributed by atoms with Crippen molar-refractivity contribution in [3.63, 3.8) is 0 Å². The van der Waals surface area contributed by atoms with Gasteiger partial charge in [0.25, 0.3) is 0 Å². The molecule has 0 radical (unpaired) electrons. The van der Waals surface area contributed by atoms with Crippen LogP contribution in [0.25, 0.3) is 0 Å². The molecule has 0 saturated heterocycles. The fourth-order valence-corrected chi connectivity index (χ4v) is 4.84. The molecule has 0 aliphatic heterocycles. The first-order chi connectivity index (χ1) is 9.69. The van der Waals surface area contributed by atoms with Gasteiger partial charge in [-0.15, -0.1) is 0 Å². The van der Waals surface area contributed by atoms with Crippen LogP contribution in [0.5, 0.6) is 5.75 Å². The van der Waals surface area contributed by atoms with Gasteiger partial charge in [0.05, 0.1) is 12.8 Å². The van der Waals surface area contributed by atoms with Gasteiger partial charge in [0, 0.05) is 10.9 Å². The lowest BCUT2D eigenvalue weighted by Crippen LogP contribution is -2.19. The van der Waals surface area contributed by atoms with Crippen LogP contribution in [0.4, 0.5) is 5.69 Å². The van der Waals surface area contributed by atoms with Crippen molar-refractivity contribution in [3.8, 4) is 5.75 Å². The van der Waals surface area contributed by atoms with E-state index in [1.165, 1.54) is 19.3 Å². The van der Waals surface area contributed by atoms with Crippen LogP contribution in [-0.4, -0.2) is 13.0 Å². The zero-order chi connectivity index (χ0) is 13.9. The van der Waals surface area contributed by atoms with Gasteiger partial charge in [0.1, 0.15) is 5.75 Å². The summed E-state index contributed by atoms with van der Waals surface area (Å²) in [5.74, 6) is 3.96. The zero-order valence-electron chi connectivity index (χ0n) is 11.4. The fraction of sp³-hybridized carbons (Fsp3) is 0.562. The van der Waals surface area contributed by atoms with E-state index in [4.69, 9.17) is 16.3 Å². The molecule has 3 saturated carbocycles. The first-order valence-electron chi connectivity index (χ1n) is 7.33. The molecule has 4 rings (SSSR count). The average Bonchev–Trinajstić information content (AvgIpc) is 2.88. The molecule has 3 aliphatic carbocycles. The van der Waals surface area contributed by atoms with Gasteiger partial charge in [-0.25, -0.2) is 0 Å². The van der Waals surface area contributed by atoms with Gasteiger partial charge in [-0.1, -0.05) is 11.6 Å². The Labute approximate surface area is 123 Å². The third kappa shape index (κ3) is 1.76. The monoisotopic (exact) mass is 291 g/mol. The van der Waals surface area contributed by atoms with Crippen LogP contribution in [-0.2, 0) is 4.79 Å². The molecule has 3 nitrogen and oxygen atoms in total. The molecule has 0 unspecified atom stereocenters. The predicted octanol–water partition coefficient (Wildman–Crippen LogP) is 3.58. The molecule has 1 aromatic rings. The summed E-state index contributed by atoms with van der Waals surface area (Å²) >= 11 is 6.00. The van der Waals surface area contributed by atoms with Crippen molar-refractivity contribution in [2.75, 3.05) is 12.4 Å². The predicted molar refractivity (Wildman–Crippen MR) is 77.9 cm³/mol. The molecular formula is C16H18ClNO2. The van der Waals surface area contributed by atoms with Gasteiger partial charge < -0.3 is 10.1 Å². The summed E-state index contributed by atoms with van der Waals surface area (Å²) < 4.78 is 5.28. The molecule has 20 heavy (non-hydrogen) atoms. The minimum atomic E-state index is 0.150. The Morgan fingerprint density at radius 2 is 2.00 bits per heavy atom. The van der Waals surface area contributed by atoms with Crippen LogP contribution in [0, 0.1) is 29.6 Å². The van der Waals surface area contributed by atoms with Crippen LogP contribution in [0.3, 0.4) is 0 Å². The maximum absolute atomic E-state index is 12.5. The number of anilines is 1. The lowest BCUT2D eigenvalue weighted by atomic mass is 10.0. The van der Waals surface area contributed by atoms with Crippen molar-refractivity contribution in [2.45, 2.75) is 19.3 Å². The molecule has 0 aromatic heterocycles. The highest BCUT2D eigenvalue weighted by Crippen LogP contribution is 2.69. The largest absolute Gasteiger partial charge is 0.495 e. The fourth-order valence-electron chi connectivity index (χ4n) is 4.67. The lowest BCUT2D eigenvalue weighted by Gasteiger charge is -2.12. The second-order valence-electron chi connectivity index (χ2n) is 6.35. The second kappa shape index (κ2) is 4.39. The van der Waals surface area contributed by atoms with E-state index in [2.05, 4.69) is 5.32 Å². The third-order valence-electron chi connectivity index (χ3n) is 5.46. The highest BCUT2D eigenvalue weighted by atomic mass is 35.5. The Morgan fingerprint density at radius 1 is 1.30 bits per heavy atom. The summed E-state index contributed by atoms with van der Waals surface area (Å²) in [5, 5.41) is 3.62. The van der Waals surface area contributed by atoms with Gasteiger partial charge in [0.2, 0.25) is 5.91 Å². The van der Waals surface area contributed by atoms with E-state index in [0.29, 0.717) is 28.3 Å². The third-order valence-corrected chi connectivity index (χ3v) is 5.69. The van der Waals surface area contributed by atoms with Crippen LogP contribution < -0.4 is 10.1 Å². The molecule has 1 N–H and O–H groups in total. The molecule has 3 aliphatic rings. The molecule has 4 heteroatoms. The molecule has 0 spiro atoms. The summed E-state index contributed by atoms with van der Waals surface area (Å²) in [6, 6.07) is 5.31. The van der Waals surface area contributed by atoms with Crippen molar-refractivity contribution >= 4 is 23.2 Å². The van der Waals surface area contributed by atoms with E-state index in [1.807, 2.05) is 0 Å². The van der Waals surface area contributed by atoms with Crippen molar-refractivity contribution in [1.82, 2.24) is 0 Å². The highest BCUT2D eigenvalue weighted by Gasteiger charge is 2.67. The van der Waals surface area contributed by atoms with E-state index < -0.39 is 0 Å². The van der Waals surface area contributed by atoms with E-state index in [-0.39, 0.29) is 11.8 Å². The molecule has 4 atom stereocenters. The van der Waals surface area contributed by atoms with Crippen LogP contribution in [0.1, 0.15) is 19.3 Å². The first kappa shape index (κ1) is 12.5. The zero-order valence-corrected chi connectivity index (χ0v) is 12.2. The number of methoxy groups -OCH3 is 1. The maximum atomic E-state index is 12.5. The summed E-state index contributed by atoms with van der Waals surface area (Å²) in [6.07, 6.45) is 4.02. The SMILES string of the molecule is COc1ccc(Cl)cc1NC(=O)C1[C@H]2[C@H]3CC[C@@H](C3)[C@H]12. The van der Waals surface area contributed by atoms with Gasteiger partial charge in [-0.3, -0.25) is 4.79 Å². The number of amides is 1. The Bertz CT molecular complexity index is 558. The lowest BCUT2D eigenvalue weighted by molar-refractivity contribution is -0.118. The Kier molecular flexibility index (Phi) is 2.75. The number of fused-ring (bicyclic) bond motifs is 5. The Morgan fingerprint density at radius 3 is 2.65 bits per heavy atom. The van der Waals surface area contributed by atoms with Crippen LogP contribution >= 0.6 is 11.6 Å². The van der Waals surface area contributed by atoms with E-state index in [9.17, 15) is 4.79 Å². The van der Waals surface area contributed by atoms with Gasteiger partial charge in [-0.2, -0.15) is 0 Å². The molecule has 1 amide bonds. The molecule has 2 bridgehead atoms. The van der Waals surface area contributed by atoms with Gasteiger partial charge in [0.15, 0.2) is 0 Å². The molecular weight excluding hydrogens is 274 g/mol. The first-order valence-corrected chi connectivity index (χ1v) is 7.71. The number of nitrogens with one attached hydrogen (secondary N) is 1. The molecule has 0 heterocycles. The Balaban J connectivity index is 1.50. The minimum absolute atomic E-state index is 0.150. The van der Waals surface area contributed by atoms with Crippen molar-refractivity contribution in [3.05, 3.63) is 23.2 Å². The van der Waals surface area contributed by atoms with Crippen LogP contribution in [0.15, 0.2) is 18.2 Å². The number of benzene rings is 1. The highest BCUT2D eigenvalue weighted by molar-refractivity contribution is 6.31. The summed E-state index contributed by atoms with van der Waals surface area (Å²) in [4.78, 5) is 12.5. The number of halogens is 1.